The van der Waals surface area contributed by atoms with Gasteiger partial charge in [0.05, 0.1) is 0 Å². The van der Waals surface area contributed by atoms with Gasteiger partial charge in [0, 0.05) is 51.4 Å². The zero-order chi connectivity index (χ0) is 19.2. The van der Waals surface area contributed by atoms with Crippen LogP contribution in [0.2, 0.25) is 0 Å². The average Bonchev–Trinajstić information content (AvgIpc) is 3.37. The SMILES string of the molecule is CC1CCCN1CCCN1CCN(CCN2CCCC2C)C1=C(C#N)C#N. The van der Waals surface area contributed by atoms with Gasteiger partial charge in [0.1, 0.15) is 18.0 Å². The highest BCUT2D eigenvalue weighted by molar-refractivity contribution is 5.40. The van der Waals surface area contributed by atoms with Crippen LogP contribution < -0.4 is 0 Å². The van der Waals surface area contributed by atoms with Crippen LogP contribution in [0.3, 0.4) is 0 Å². The van der Waals surface area contributed by atoms with Crippen LogP contribution in [0.25, 0.3) is 0 Å². The van der Waals surface area contributed by atoms with Crippen molar-refractivity contribution in [3.8, 4) is 12.1 Å². The Labute approximate surface area is 164 Å². The first kappa shape index (κ1) is 20.0. The zero-order valence-corrected chi connectivity index (χ0v) is 17.0. The van der Waals surface area contributed by atoms with E-state index in [2.05, 4.69) is 45.6 Å². The van der Waals surface area contributed by atoms with E-state index < -0.39 is 0 Å². The van der Waals surface area contributed by atoms with Crippen LogP contribution in [0.4, 0.5) is 0 Å². The second-order valence-electron chi connectivity index (χ2n) is 8.30. The Balaban J connectivity index is 1.58. The lowest BCUT2D eigenvalue weighted by Gasteiger charge is -2.29. The maximum Gasteiger partial charge on any atom is 0.169 e. The molecule has 3 fully saturated rings. The summed E-state index contributed by atoms with van der Waals surface area (Å²) in [6.45, 7) is 12.8. The van der Waals surface area contributed by atoms with Gasteiger partial charge in [-0.1, -0.05) is 0 Å². The van der Waals surface area contributed by atoms with Crippen LogP contribution in [-0.4, -0.2) is 84.0 Å². The van der Waals surface area contributed by atoms with Crippen molar-refractivity contribution in [1.82, 2.24) is 19.6 Å². The van der Waals surface area contributed by atoms with Gasteiger partial charge in [-0.15, -0.1) is 0 Å². The zero-order valence-electron chi connectivity index (χ0n) is 17.0. The lowest BCUT2D eigenvalue weighted by molar-refractivity contribution is 0.224. The summed E-state index contributed by atoms with van der Waals surface area (Å²) in [6.07, 6.45) is 6.28. The molecule has 0 aliphatic carbocycles. The van der Waals surface area contributed by atoms with Crippen LogP contribution in [0, 0.1) is 22.7 Å². The normalized spacial score (nSPS) is 26.6. The second kappa shape index (κ2) is 9.44. The fourth-order valence-corrected chi connectivity index (χ4v) is 4.89. The number of hydrogen-bond acceptors (Lipinski definition) is 6. The van der Waals surface area contributed by atoms with Crippen molar-refractivity contribution in [1.29, 1.82) is 10.5 Å². The molecule has 2 atom stereocenters. The number of hydrogen-bond donors (Lipinski definition) is 0. The number of rotatable bonds is 7. The Bertz CT molecular complexity index is 599. The molecule has 3 rings (SSSR count). The first-order chi connectivity index (χ1) is 13.1. The highest BCUT2D eigenvalue weighted by Gasteiger charge is 2.30. The van der Waals surface area contributed by atoms with Gasteiger partial charge in [-0.2, -0.15) is 10.5 Å². The van der Waals surface area contributed by atoms with Crippen LogP contribution in [0.15, 0.2) is 11.4 Å². The van der Waals surface area contributed by atoms with Gasteiger partial charge in [-0.25, -0.2) is 0 Å². The first-order valence-electron chi connectivity index (χ1n) is 10.7. The highest BCUT2D eigenvalue weighted by atomic mass is 15.4. The molecule has 0 saturated carbocycles. The largest absolute Gasteiger partial charge is 0.355 e. The number of nitrogens with zero attached hydrogens (tertiary/aromatic N) is 6. The molecular formula is C21H34N6. The minimum Gasteiger partial charge on any atom is -0.355 e. The van der Waals surface area contributed by atoms with Gasteiger partial charge in [0.2, 0.25) is 0 Å². The van der Waals surface area contributed by atoms with E-state index in [0.717, 1.165) is 51.5 Å². The Morgan fingerprint density at radius 2 is 1.37 bits per heavy atom. The molecule has 3 aliphatic heterocycles. The summed E-state index contributed by atoms with van der Waals surface area (Å²) in [5.41, 5.74) is 0.275. The molecule has 0 N–H and O–H groups in total. The molecular weight excluding hydrogens is 336 g/mol. The Hall–Kier alpha value is -1.76. The van der Waals surface area contributed by atoms with E-state index in [-0.39, 0.29) is 5.57 Å². The van der Waals surface area contributed by atoms with Crippen molar-refractivity contribution in [2.24, 2.45) is 0 Å². The lowest BCUT2D eigenvalue weighted by Crippen LogP contribution is -2.36. The van der Waals surface area contributed by atoms with Crippen molar-refractivity contribution in [3.63, 3.8) is 0 Å². The summed E-state index contributed by atoms with van der Waals surface area (Å²) in [4.78, 5) is 9.65. The molecule has 3 heterocycles. The third-order valence-corrected chi connectivity index (χ3v) is 6.60. The van der Waals surface area contributed by atoms with Crippen molar-refractivity contribution in [2.75, 3.05) is 52.4 Å². The molecule has 27 heavy (non-hydrogen) atoms. The molecule has 3 saturated heterocycles. The maximum atomic E-state index is 9.47. The minimum absolute atomic E-state index is 0.275. The van der Waals surface area contributed by atoms with E-state index in [1.54, 1.807) is 0 Å². The standard InChI is InChI=1S/C21H34N6/c1-18-6-3-8-24(18)10-5-11-26-14-15-27(21(26)20(16-22)17-23)13-12-25-9-4-7-19(25)2/h18-19H,3-15H2,1-2H3. The van der Waals surface area contributed by atoms with E-state index in [9.17, 15) is 10.5 Å². The molecule has 0 amide bonds. The fourth-order valence-electron chi connectivity index (χ4n) is 4.89. The molecule has 6 nitrogen and oxygen atoms in total. The van der Waals surface area contributed by atoms with Crippen LogP contribution in [0.5, 0.6) is 0 Å². The van der Waals surface area contributed by atoms with Crippen molar-refractivity contribution in [3.05, 3.63) is 11.4 Å². The van der Waals surface area contributed by atoms with Gasteiger partial charge >= 0.3 is 0 Å². The smallest absolute Gasteiger partial charge is 0.169 e. The molecule has 148 valence electrons. The summed E-state index contributed by atoms with van der Waals surface area (Å²) in [5.74, 6) is 0.876. The van der Waals surface area contributed by atoms with Gasteiger partial charge in [-0.05, 0) is 59.0 Å². The first-order valence-corrected chi connectivity index (χ1v) is 10.7. The fraction of sp³-hybridized carbons (Fsp3) is 0.810. The van der Waals surface area contributed by atoms with Gasteiger partial charge in [0.25, 0.3) is 0 Å². The summed E-state index contributed by atoms with van der Waals surface area (Å²) in [7, 11) is 0. The predicted molar refractivity (Wildman–Crippen MR) is 107 cm³/mol. The van der Waals surface area contributed by atoms with Crippen molar-refractivity contribution < 1.29 is 0 Å². The molecule has 0 spiro atoms. The highest BCUT2D eigenvalue weighted by Crippen LogP contribution is 2.24. The number of allylic oxidation sites excluding steroid dienone is 1. The van der Waals surface area contributed by atoms with E-state index in [1.165, 1.54) is 38.8 Å². The van der Waals surface area contributed by atoms with E-state index in [1.807, 2.05) is 0 Å². The van der Waals surface area contributed by atoms with Crippen LogP contribution in [-0.2, 0) is 0 Å². The predicted octanol–water partition coefficient (Wildman–Crippen LogP) is 2.22. The Morgan fingerprint density at radius 3 is 1.89 bits per heavy atom. The van der Waals surface area contributed by atoms with Gasteiger partial charge < -0.3 is 14.7 Å². The third kappa shape index (κ3) is 4.75. The second-order valence-corrected chi connectivity index (χ2v) is 8.30. The molecule has 0 aromatic carbocycles. The van der Waals surface area contributed by atoms with E-state index in [0.29, 0.717) is 12.1 Å². The molecule has 0 bridgehead atoms. The lowest BCUT2D eigenvalue weighted by atomic mass is 10.2. The maximum absolute atomic E-state index is 9.47. The van der Waals surface area contributed by atoms with Crippen LogP contribution >= 0.6 is 0 Å². The van der Waals surface area contributed by atoms with Crippen molar-refractivity contribution in [2.45, 2.75) is 58.0 Å². The summed E-state index contributed by atoms with van der Waals surface area (Å²) in [6, 6.07) is 5.64. The monoisotopic (exact) mass is 370 g/mol. The topological polar surface area (TPSA) is 60.5 Å². The number of nitriles is 2. The molecule has 3 aliphatic rings. The molecule has 0 radical (unpaired) electrons. The Morgan fingerprint density at radius 1 is 0.815 bits per heavy atom. The quantitative estimate of drug-likeness (QED) is 0.641. The minimum atomic E-state index is 0.275. The van der Waals surface area contributed by atoms with Crippen LogP contribution in [0.1, 0.15) is 46.0 Å². The number of likely N-dealkylation sites (tertiary alicyclic amines) is 2. The summed E-state index contributed by atoms with van der Waals surface area (Å²) >= 11 is 0. The van der Waals surface area contributed by atoms with E-state index >= 15 is 0 Å². The van der Waals surface area contributed by atoms with Gasteiger partial charge in [0.15, 0.2) is 5.57 Å². The molecule has 6 heteroatoms. The third-order valence-electron chi connectivity index (χ3n) is 6.60. The molecule has 0 aromatic rings. The molecule has 2 unspecified atom stereocenters. The Kier molecular flexibility index (Phi) is 6.99. The average molecular weight is 371 g/mol. The molecule has 0 aromatic heterocycles. The van der Waals surface area contributed by atoms with E-state index in [4.69, 9.17) is 0 Å². The summed E-state index contributed by atoms with van der Waals surface area (Å²) < 4.78 is 0. The van der Waals surface area contributed by atoms with Crippen molar-refractivity contribution >= 4 is 0 Å². The summed E-state index contributed by atoms with van der Waals surface area (Å²) in [5, 5.41) is 18.9. The van der Waals surface area contributed by atoms with Gasteiger partial charge in [-0.3, -0.25) is 4.90 Å².